The number of hydrogen-bond donors (Lipinski definition) is 2. The summed E-state index contributed by atoms with van der Waals surface area (Å²) in [7, 11) is 0. The number of fused-ring (bicyclic) bond motifs is 1. The number of hydrogen-bond acceptors (Lipinski definition) is 5. The number of H-pyrrole nitrogens is 1. The van der Waals surface area contributed by atoms with Crippen molar-refractivity contribution in [1.29, 1.82) is 0 Å². The van der Waals surface area contributed by atoms with Gasteiger partial charge in [-0.3, -0.25) is 5.10 Å². The van der Waals surface area contributed by atoms with E-state index in [2.05, 4.69) is 20.2 Å². The average Bonchev–Trinajstić information content (AvgIpc) is 3.29. The van der Waals surface area contributed by atoms with Gasteiger partial charge in [0.15, 0.2) is 23.1 Å². The highest BCUT2D eigenvalue weighted by Crippen LogP contribution is 2.46. The Morgan fingerprint density at radius 1 is 1.22 bits per heavy atom. The molecule has 0 bridgehead atoms. The van der Waals surface area contributed by atoms with E-state index in [4.69, 9.17) is 0 Å². The lowest BCUT2D eigenvalue weighted by molar-refractivity contribution is 0.0729. The van der Waals surface area contributed by atoms with E-state index in [1.807, 2.05) is 4.90 Å². The molecule has 0 unspecified atom stereocenters. The summed E-state index contributed by atoms with van der Waals surface area (Å²) in [5.41, 5.74) is 0.208. The minimum absolute atomic E-state index is 0.00194. The summed E-state index contributed by atoms with van der Waals surface area (Å²) in [5.74, 6) is -1.25. The first kappa shape index (κ1) is 16.6. The van der Waals surface area contributed by atoms with Crippen LogP contribution in [0, 0.1) is 17.6 Å². The lowest BCUT2D eigenvalue weighted by Crippen LogP contribution is -2.42. The third-order valence-corrected chi connectivity index (χ3v) is 5.71. The number of piperidine rings is 1. The SMILES string of the molecule is OC1([C@H]2CCCN(c3nc(-c4n[nH]c5ncccc45)c(F)cc3F)C2)CC1. The maximum atomic E-state index is 14.6. The zero-order valence-corrected chi connectivity index (χ0v) is 14.6. The van der Waals surface area contributed by atoms with Crippen LogP contribution in [0.5, 0.6) is 0 Å². The van der Waals surface area contributed by atoms with Gasteiger partial charge in [0.2, 0.25) is 0 Å². The van der Waals surface area contributed by atoms with E-state index in [0.717, 1.165) is 31.7 Å². The van der Waals surface area contributed by atoms with Gasteiger partial charge in [-0.15, -0.1) is 0 Å². The molecule has 2 N–H and O–H groups in total. The van der Waals surface area contributed by atoms with Crippen molar-refractivity contribution in [2.24, 2.45) is 5.92 Å². The summed E-state index contributed by atoms with van der Waals surface area (Å²) in [6.07, 6.45) is 4.96. The molecule has 2 fully saturated rings. The van der Waals surface area contributed by atoms with Gasteiger partial charge in [-0.05, 0) is 37.8 Å². The van der Waals surface area contributed by atoms with Crippen LogP contribution in [0.4, 0.5) is 14.6 Å². The van der Waals surface area contributed by atoms with Crippen molar-refractivity contribution in [3.05, 3.63) is 36.0 Å². The van der Waals surface area contributed by atoms with Crippen LogP contribution in [0.15, 0.2) is 24.4 Å². The second-order valence-electron chi connectivity index (χ2n) is 7.48. The molecule has 27 heavy (non-hydrogen) atoms. The lowest BCUT2D eigenvalue weighted by Gasteiger charge is -2.36. The Hall–Kier alpha value is -2.61. The first-order chi connectivity index (χ1) is 13.0. The predicted octanol–water partition coefficient (Wildman–Crippen LogP) is 3.04. The summed E-state index contributed by atoms with van der Waals surface area (Å²) < 4.78 is 29.1. The van der Waals surface area contributed by atoms with Crippen LogP contribution in [0.1, 0.15) is 25.7 Å². The van der Waals surface area contributed by atoms with Gasteiger partial charge in [0.1, 0.15) is 11.4 Å². The van der Waals surface area contributed by atoms with Crippen molar-refractivity contribution in [2.75, 3.05) is 18.0 Å². The Bertz CT molecular complexity index is 1020. The molecule has 5 rings (SSSR count). The van der Waals surface area contributed by atoms with Crippen molar-refractivity contribution in [3.63, 3.8) is 0 Å². The number of halogens is 2. The van der Waals surface area contributed by atoms with E-state index in [9.17, 15) is 13.9 Å². The quantitative estimate of drug-likeness (QED) is 0.740. The number of anilines is 1. The fourth-order valence-corrected chi connectivity index (χ4v) is 4.02. The smallest absolute Gasteiger partial charge is 0.168 e. The largest absolute Gasteiger partial charge is 0.390 e. The van der Waals surface area contributed by atoms with Crippen molar-refractivity contribution in [1.82, 2.24) is 20.2 Å². The number of pyridine rings is 2. The molecule has 140 valence electrons. The summed E-state index contributed by atoms with van der Waals surface area (Å²) in [5, 5.41) is 18.0. The van der Waals surface area contributed by atoms with Gasteiger partial charge < -0.3 is 10.0 Å². The van der Waals surface area contributed by atoms with Crippen LogP contribution >= 0.6 is 0 Å². The molecule has 1 aliphatic heterocycles. The van der Waals surface area contributed by atoms with E-state index < -0.39 is 17.2 Å². The number of aromatic amines is 1. The maximum absolute atomic E-state index is 14.6. The highest BCUT2D eigenvalue weighted by atomic mass is 19.1. The van der Waals surface area contributed by atoms with Crippen molar-refractivity contribution in [2.45, 2.75) is 31.3 Å². The predicted molar refractivity (Wildman–Crippen MR) is 96.2 cm³/mol. The van der Waals surface area contributed by atoms with Gasteiger partial charge in [-0.1, -0.05) is 0 Å². The highest BCUT2D eigenvalue weighted by Gasteiger charge is 2.48. The van der Waals surface area contributed by atoms with Gasteiger partial charge in [0.05, 0.1) is 5.60 Å². The van der Waals surface area contributed by atoms with E-state index >= 15 is 0 Å². The molecule has 0 aromatic carbocycles. The molecule has 2 aliphatic rings. The summed E-state index contributed by atoms with van der Waals surface area (Å²) in [6.45, 7) is 1.15. The number of nitrogens with one attached hydrogen (secondary N) is 1. The molecular formula is C19H19F2N5O. The van der Waals surface area contributed by atoms with Crippen LogP contribution in [0.3, 0.4) is 0 Å². The van der Waals surface area contributed by atoms with Gasteiger partial charge in [0.25, 0.3) is 0 Å². The molecule has 4 heterocycles. The topological polar surface area (TPSA) is 77.9 Å². The first-order valence-electron chi connectivity index (χ1n) is 9.18. The van der Waals surface area contributed by atoms with Crippen molar-refractivity contribution >= 4 is 16.9 Å². The van der Waals surface area contributed by atoms with Crippen molar-refractivity contribution < 1.29 is 13.9 Å². The Labute approximate surface area is 154 Å². The number of aromatic nitrogens is 4. The standard InChI is InChI=1S/C19H19F2N5O/c20-13-9-14(21)18(26-8-2-3-11(10-26)19(27)5-6-19)23-16(13)15-12-4-1-7-22-17(12)25-24-15/h1,4,7,9,11,27H,2-3,5-6,8,10H2,(H,22,24,25)/t11-/m0/s1. The molecule has 1 atom stereocenters. The Kier molecular flexibility index (Phi) is 3.65. The monoisotopic (exact) mass is 371 g/mol. The fourth-order valence-electron chi connectivity index (χ4n) is 4.02. The van der Waals surface area contributed by atoms with Gasteiger partial charge in [-0.2, -0.15) is 5.10 Å². The minimum atomic E-state index is -0.761. The highest BCUT2D eigenvalue weighted by molar-refractivity contribution is 5.89. The zero-order valence-electron chi connectivity index (χ0n) is 14.6. The normalized spacial score (nSPS) is 21.6. The minimum Gasteiger partial charge on any atom is -0.390 e. The Morgan fingerprint density at radius 2 is 2.07 bits per heavy atom. The van der Waals surface area contributed by atoms with Gasteiger partial charge in [-0.25, -0.2) is 18.7 Å². The molecule has 3 aromatic heterocycles. The van der Waals surface area contributed by atoms with Crippen LogP contribution in [0.2, 0.25) is 0 Å². The third kappa shape index (κ3) is 2.75. The van der Waals surface area contributed by atoms with Crippen LogP contribution in [0.25, 0.3) is 22.4 Å². The second-order valence-corrected chi connectivity index (χ2v) is 7.48. The molecule has 8 heteroatoms. The molecule has 6 nitrogen and oxygen atoms in total. The third-order valence-electron chi connectivity index (χ3n) is 5.71. The summed E-state index contributed by atoms with van der Waals surface area (Å²) in [4.78, 5) is 10.3. The summed E-state index contributed by atoms with van der Waals surface area (Å²) in [6, 6.07) is 4.37. The molecular weight excluding hydrogens is 352 g/mol. The molecule has 3 aromatic rings. The Morgan fingerprint density at radius 3 is 2.89 bits per heavy atom. The van der Waals surface area contributed by atoms with Crippen molar-refractivity contribution in [3.8, 4) is 11.4 Å². The maximum Gasteiger partial charge on any atom is 0.168 e. The molecule has 1 aliphatic carbocycles. The summed E-state index contributed by atoms with van der Waals surface area (Å²) >= 11 is 0. The zero-order chi connectivity index (χ0) is 18.6. The Balaban J connectivity index is 1.55. The van der Waals surface area contributed by atoms with Crippen LogP contribution in [-0.4, -0.2) is 44.0 Å². The number of nitrogens with zero attached hydrogens (tertiary/aromatic N) is 4. The molecule has 0 amide bonds. The molecule has 0 spiro atoms. The molecule has 1 saturated carbocycles. The van der Waals surface area contributed by atoms with Gasteiger partial charge >= 0.3 is 0 Å². The van der Waals surface area contributed by atoms with E-state index in [1.165, 1.54) is 0 Å². The lowest BCUT2D eigenvalue weighted by atomic mass is 9.90. The number of aliphatic hydroxyl groups is 1. The van der Waals surface area contributed by atoms with Gasteiger partial charge in [0, 0.05) is 36.7 Å². The average molecular weight is 371 g/mol. The molecule has 1 saturated heterocycles. The van der Waals surface area contributed by atoms with E-state index in [0.29, 0.717) is 29.8 Å². The van der Waals surface area contributed by atoms with Crippen LogP contribution < -0.4 is 4.90 Å². The van der Waals surface area contributed by atoms with Crippen LogP contribution in [-0.2, 0) is 0 Å². The second kappa shape index (κ2) is 5.95. The van der Waals surface area contributed by atoms with E-state index in [1.54, 1.807) is 18.3 Å². The van der Waals surface area contributed by atoms with E-state index in [-0.39, 0.29) is 17.4 Å². The first-order valence-corrected chi connectivity index (χ1v) is 9.18. The fraction of sp³-hybridized carbons (Fsp3) is 0.421. The number of rotatable bonds is 3. The molecule has 0 radical (unpaired) electrons.